The number of aldehydes is 1. The minimum absolute atomic E-state index is 0.0730. The third kappa shape index (κ3) is 1.15. The molecular weight excluding hydrogens is 184 g/mol. The number of aromatic nitrogens is 2. The fraction of sp³-hybridized carbons (Fsp3) is 0. The van der Waals surface area contributed by atoms with Gasteiger partial charge in [0.2, 0.25) is 0 Å². The molecule has 0 saturated heterocycles. The largest absolute Gasteiger partial charge is 0.478 e. The van der Waals surface area contributed by atoms with Crippen LogP contribution >= 0.6 is 0 Å². The van der Waals surface area contributed by atoms with Crippen LogP contribution in [0.1, 0.15) is 20.7 Å². The Hall–Kier alpha value is -2.17. The monoisotopic (exact) mass is 190 g/mol. The van der Waals surface area contributed by atoms with Gasteiger partial charge in [0.1, 0.15) is 0 Å². The molecule has 0 spiro atoms. The van der Waals surface area contributed by atoms with Crippen LogP contribution in [0.15, 0.2) is 18.5 Å². The number of carbonyl (C=O) groups is 2. The molecule has 0 radical (unpaired) electrons. The summed E-state index contributed by atoms with van der Waals surface area (Å²) >= 11 is 0. The van der Waals surface area contributed by atoms with Crippen LogP contribution in [0.2, 0.25) is 0 Å². The third-order valence-corrected chi connectivity index (χ3v) is 1.93. The number of carbonyl (C=O) groups excluding carboxylic acids is 1. The summed E-state index contributed by atoms with van der Waals surface area (Å²) in [6, 6.07) is 2.75. The lowest BCUT2D eigenvalue weighted by molar-refractivity contribution is 0.0697. The molecule has 0 aliphatic heterocycles. The number of carboxylic acid groups (broad SMARTS) is 1. The Balaban J connectivity index is 2.79. The highest BCUT2D eigenvalue weighted by molar-refractivity contribution is 6.00. The summed E-state index contributed by atoms with van der Waals surface area (Å²) in [6.45, 7) is 0. The van der Waals surface area contributed by atoms with Gasteiger partial charge < -0.3 is 10.1 Å². The van der Waals surface area contributed by atoms with Crippen molar-refractivity contribution < 1.29 is 14.7 Å². The maximum atomic E-state index is 10.7. The fourth-order valence-electron chi connectivity index (χ4n) is 1.29. The number of nitrogens with zero attached hydrogens (tertiary/aromatic N) is 1. The van der Waals surface area contributed by atoms with Crippen LogP contribution in [-0.2, 0) is 0 Å². The van der Waals surface area contributed by atoms with Crippen LogP contribution in [0, 0.1) is 0 Å². The molecule has 5 nitrogen and oxygen atoms in total. The second-order valence-electron chi connectivity index (χ2n) is 2.79. The average molecular weight is 190 g/mol. The summed E-state index contributed by atoms with van der Waals surface area (Å²) in [4.78, 5) is 28.0. The lowest BCUT2D eigenvalue weighted by Gasteiger charge is -1.97. The summed E-state index contributed by atoms with van der Waals surface area (Å²) in [5.74, 6) is -1.07. The van der Waals surface area contributed by atoms with Crippen LogP contribution < -0.4 is 0 Å². The van der Waals surface area contributed by atoms with E-state index in [0.717, 1.165) is 0 Å². The van der Waals surface area contributed by atoms with E-state index in [4.69, 9.17) is 5.11 Å². The highest BCUT2D eigenvalue weighted by Crippen LogP contribution is 2.16. The van der Waals surface area contributed by atoms with Crippen LogP contribution in [0.25, 0.3) is 11.0 Å². The number of carboxylic acids is 1. The molecule has 0 amide bonds. The smallest absolute Gasteiger partial charge is 0.335 e. The van der Waals surface area contributed by atoms with Gasteiger partial charge in [-0.1, -0.05) is 0 Å². The van der Waals surface area contributed by atoms with E-state index in [0.29, 0.717) is 17.3 Å². The Morgan fingerprint density at radius 1 is 1.50 bits per heavy atom. The Morgan fingerprint density at radius 3 is 2.93 bits per heavy atom. The molecule has 0 aliphatic rings. The number of H-pyrrole nitrogens is 1. The maximum Gasteiger partial charge on any atom is 0.335 e. The number of nitrogens with one attached hydrogen (secondary N) is 1. The van der Waals surface area contributed by atoms with Crippen LogP contribution in [-0.4, -0.2) is 27.3 Å². The predicted molar refractivity (Wildman–Crippen MR) is 48.4 cm³/mol. The molecule has 2 N–H and O–H groups in total. The molecule has 5 heteroatoms. The lowest BCUT2D eigenvalue weighted by atomic mass is 10.1. The van der Waals surface area contributed by atoms with Gasteiger partial charge in [-0.15, -0.1) is 0 Å². The quantitative estimate of drug-likeness (QED) is 0.694. The minimum Gasteiger partial charge on any atom is -0.478 e. The van der Waals surface area contributed by atoms with E-state index >= 15 is 0 Å². The zero-order chi connectivity index (χ0) is 10.1. The third-order valence-electron chi connectivity index (χ3n) is 1.93. The van der Waals surface area contributed by atoms with Gasteiger partial charge in [0.25, 0.3) is 0 Å². The Morgan fingerprint density at radius 2 is 2.29 bits per heavy atom. The van der Waals surface area contributed by atoms with Crippen molar-refractivity contribution in [2.24, 2.45) is 0 Å². The molecule has 0 aliphatic carbocycles. The van der Waals surface area contributed by atoms with Crippen LogP contribution in [0.4, 0.5) is 0 Å². The van der Waals surface area contributed by atoms with E-state index in [-0.39, 0.29) is 11.1 Å². The molecule has 0 bridgehead atoms. The van der Waals surface area contributed by atoms with Crippen molar-refractivity contribution in [1.29, 1.82) is 0 Å². The first kappa shape index (κ1) is 8.43. The minimum atomic E-state index is -1.07. The molecule has 2 aromatic rings. The molecule has 1 aromatic heterocycles. The molecule has 0 unspecified atom stereocenters. The van der Waals surface area contributed by atoms with Gasteiger partial charge in [-0.25, -0.2) is 9.78 Å². The predicted octanol–water partition coefficient (Wildman–Crippen LogP) is 1.07. The van der Waals surface area contributed by atoms with Crippen LogP contribution in [0.3, 0.4) is 0 Å². The number of aromatic carboxylic acids is 1. The van der Waals surface area contributed by atoms with Crippen molar-refractivity contribution in [1.82, 2.24) is 9.97 Å². The molecule has 2 rings (SSSR count). The van der Waals surface area contributed by atoms with E-state index in [1.54, 1.807) is 0 Å². The van der Waals surface area contributed by atoms with E-state index in [1.165, 1.54) is 18.5 Å². The Bertz CT molecular complexity index is 516. The van der Waals surface area contributed by atoms with Gasteiger partial charge in [0.15, 0.2) is 6.29 Å². The highest BCUT2D eigenvalue weighted by atomic mass is 16.4. The van der Waals surface area contributed by atoms with E-state index in [1.807, 2.05) is 0 Å². The zero-order valence-electron chi connectivity index (χ0n) is 7.02. The lowest BCUT2D eigenvalue weighted by Crippen LogP contribution is -1.98. The number of hydrogen-bond donors (Lipinski definition) is 2. The molecule has 14 heavy (non-hydrogen) atoms. The first-order chi connectivity index (χ1) is 6.72. The van der Waals surface area contributed by atoms with Gasteiger partial charge in [-0.2, -0.15) is 0 Å². The molecule has 1 heterocycles. The fourth-order valence-corrected chi connectivity index (χ4v) is 1.29. The number of aromatic amines is 1. The molecule has 70 valence electrons. The van der Waals surface area contributed by atoms with Gasteiger partial charge in [0, 0.05) is 5.56 Å². The molecule has 0 atom stereocenters. The van der Waals surface area contributed by atoms with Gasteiger partial charge in [0.05, 0.1) is 22.9 Å². The summed E-state index contributed by atoms with van der Waals surface area (Å²) in [7, 11) is 0. The zero-order valence-corrected chi connectivity index (χ0v) is 7.02. The van der Waals surface area contributed by atoms with E-state index in [9.17, 15) is 9.59 Å². The maximum absolute atomic E-state index is 10.7. The molecule has 0 fully saturated rings. The van der Waals surface area contributed by atoms with Crippen molar-refractivity contribution in [3.63, 3.8) is 0 Å². The second-order valence-corrected chi connectivity index (χ2v) is 2.79. The van der Waals surface area contributed by atoms with Gasteiger partial charge >= 0.3 is 5.97 Å². The Labute approximate surface area is 78.4 Å². The molecular formula is C9H6N2O3. The first-order valence-corrected chi connectivity index (χ1v) is 3.88. The average Bonchev–Trinajstić information content (AvgIpc) is 2.63. The highest BCUT2D eigenvalue weighted by Gasteiger charge is 2.09. The topological polar surface area (TPSA) is 83.0 Å². The van der Waals surface area contributed by atoms with Crippen LogP contribution in [0.5, 0.6) is 0 Å². The summed E-state index contributed by atoms with van der Waals surface area (Å²) in [6.07, 6.45) is 2.01. The van der Waals surface area contributed by atoms with Crippen molar-refractivity contribution in [3.05, 3.63) is 29.6 Å². The van der Waals surface area contributed by atoms with Crippen molar-refractivity contribution in [2.75, 3.05) is 0 Å². The number of fused-ring (bicyclic) bond motifs is 1. The van der Waals surface area contributed by atoms with Crippen molar-refractivity contribution in [2.45, 2.75) is 0 Å². The SMILES string of the molecule is O=Cc1cc(C(=O)O)cc2[nH]cnc12. The summed E-state index contributed by atoms with van der Waals surface area (Å²) in [5, 5.41) is 8.75. The standard InChI is InChI=1S/C9H6N2O3/c12-3-6-1-5(9(13)14)2-7-8(6)11-4-10-7/h1-4H,(H,10,11)(H,13,14). The number of hydrogen-bond acceptors (Lipinski definition) is 3. The normalized spacial score (nSPS) is 10.3. The van der Waals surface area contributed by atoms with Crippen molar-refractivity contribution in [3.8, 4) is 0 Å². The summed E-state index contributed by atoms with van der Waals surface area (Å²) < 4.78 is 0. The Kier molecular flexibility index (Phi) is 1.78. The first-order valence-electron chi connectivity index (χ1n) is 3.88. The number of imidazole rings is 1. The summed E-state index contributed by atoms with van der Waals surface area (Å²) in [5.41, 5.74) is 1.39. The van der Waals surface area contributed by atoms with Gasteiger partial charge in [-0.05, 0) is 12.1 Å². The molecule has 1 aromatic carbocycles. The van der Waals surface area contributed by atoms with E-state index < -0.39 is 5.97 Å². The van der Waals surface area contributed by atoms with E-state index in [2.05, 4.69) is 9.97 Å². The molecule has 0 saturated carbocycles. The van der Waals surface area contributed by atoms with Gasteiger partial charge in [-0.3, -0.25) is 4.79 Å². The van der Waals surface area contributed by atoms with Crippen molar-refractivity contribution >= 4 is 23.3 Å². The second kappa shape index (κ2) is 2.95. The number of benzene rings is 1. The number of rotatable bonds is 2.